The highest BCUT2D eigenvalue weighted by atomic mass is 32.1. The van der Waals surface area contributed by atoms with Crippen molar-refractivity contribution >= 4 is 22.1 Å². The first-order chi connectivity index (χ1) is 8.88. The molecule has 2 aromatic rings. The Morgan fingerprint density at radius 2 is 1.84 bits per heavy atom. The summed E-state index contributed by atoms with van der Waals surface area (Å²) in [4.78, 5) is 13.4. The number of anilines is 1. The summed E-state index contributed by atoms with van der Waals surface area (Å²) in [6, 6.07) is 12.2. The number of rotatable bonds is 3. The molecule has 0 aliphatic heterocycles. The van der Waals surface area contributed by atoms with E-state index in [9.17, 15) is 4.79 Å². The molecule has 1 aromatic carbocycles. The van der Waals surface area contributed by atoms with Gasteiger partial charge in [0.05, 0.1) is 10.6 Å². The van der Waals surface area contributed by atoms with Crippen LogP contribution in [-0.4, -0.2) is 5.78 Å². The number of benzene rings is 1. The minimum atomic E-state index is -0.390. The van der Waals surface area contributed by atoms with Gasteiger partial charge in [0.1, 0.15) is 0 Å². The molecule has 1 aromatic heterocycles. The Bertz CT molecular complexity index is 579. The Labute approximate surface area is 118 Å². The number of ketones is 1. The molecule has 0 saturated carbocycles. The Kier molecular flexibility index (Phi) is 3.76. The summed E-state index contributed by atoms with van der Waals surface area (Å²) in [6.45, 7) is 5.76. The summed E-state index contributed by atoms with van der Waals surface area (Å²) in [5.41, 5.74) is 7.51. The van der Waals surface area contributed by atoms with Gasteiger partial charge in [-0.3, -0.25) is 4.79 Å². The lowest BCUT2D eigenvalue weighted by atomic mass is 9.87. The fourth-order valence-corrected chi connectivity index (χ4v) is 2.88. The van der Waals surface area contributed by atoms with Crippen LogP contribution >= 0.6 is 11.3 Å². The molecule has 100 valence electrons. The Morgan fingerprint density at radius 3 is 2.42 bits per heavy atom. The van der Waals surface area contributed by atoms with Gasteiger partial charge in [0.15, 0.2) is 5.78 Å². The summed E-state index contributed by atoms with van der Waals surface area (Å²) >= 11 is 1.51. The number of nitrogen functional groups attached to an aromatic ring is 1. The van der Waals surface area contributed by atoms with Crippen LogP contribution in [0.1, 0.15) is 41.6 Å². The second-order valence-corrected chi connectivity index (χ2v) is 6.90. The van der Waals surface area contributed by atoms with Crippen LogP contribution in [0.25, 0.3) is 0 Å². The molecule has 0 fully saturated rings. The van der Waals surface area contributed by atoms with E-state index in [0.717, 1.165) is 11.3 Å². The molecule has 0 amide bonds. The Morgan fingerprint density at radius 1 is 1.21 bits per heavy atom. The van der Waals surface area contributed by atoms with Crippen molar-refractivity contribution in [3.8, 4) is 0 Å². The maximum atomic E-state index is 12.3. The number of carbonyl (C=O) groups is 1. The third-order valence-electron chi connectivity index (χ3n) is 2.96. The average Bonchev–Trinajstić information content (AvgIpc) is 2.69. The molecule has 1 heterocycles. The minimum absolute atomic E-state index is 0.112. The maximum Gasteiger partial charge on any atom is 0.171 e. The normalized spacial score (nSPS) is 11.5. The highest BCUT2D eigenvalue weighted by Gasteiger charge is 2.26. The van der Waals surface area contributed by atoms with E-state index in [0.29, 0.717) is 10.6 Å². The molecule has 0 saturated heterocycles. The number of carbonyl (C=O) groups excluding carboxylic acids is 1. The van der Waals surface area contributed by atoms with Gasteiger partial charge in [-0.15, -0.1) is 11.3 Å². The van der Waals surface area contributed by atoms with E-state index in [1.165, 1.54) is 16.9 Å². The van der Waals surface area contributed by atoms with E-state index in [1.807, 2.05) is 45.0 Å². The predicted octanol–water partition coefficient (Wildman–Crippen LogP) is 4.15. The number of nitrogens with two attached hydrogens (primary N) is 1. The van der Waals surface area contributed by atoms with Crippen molar-refractivity contribution in [2.24, 2.45) is 5.41 Å². The van der Waals surface area contributed by atoms with E-state index >= 15 is 0 Å². The fraction of sp³-hybridized carbons (Fsp3) is 0.312. The van der Waals surface area contributed by atoms with Gasteiger partial charge >= 0.3 is 0 Å². The zero-order chi connectivity index (χ0) is 14.0. The summed E-state index contributed by atoms with van der Waals surface area (Å²) in [5, 5.41) is 0.630. The topological polar surface area (TPSA) is 43.1 Å². The van der Waals surface area contributed by atoms with E-state index in [-0.39, 0.29) is 11.2 Å². The zero-order valence-corrected chi connectivity index (χ0v) is 12.4. The van der Waals surface area contributed by atoms with Crippen molar-refractivity contribution in [2.75, 3.05) is 5.73 Å². The van der Waals surface area contributed by atoms with Crippen molar-refractivity contribution in [3.63, 3.8) is 0 Å². The summed E-state index contributed by atoms with van der Waals surface area (Å²) in [6.07, 6.45) is 0.827. The van der Waals surface area contributed by atoms with Crippen molar-refractivity contribution in [2.45, 2.75) is 27.2 Å². The summed E-state index contributed by atoms with van der Waals surface area (Å²) in [5.74, 6) is 0.112. The van der Waals surface area contributed by atoms with Gasteiger partial charge in [0.2, 0.25) is 0 Å². The first-order valence-electron chi connectivity index (χ1n) is 6.35. The quantitative estimate of drug-likeness (QED) is 0.854. The summed E-state index contributed by atoms with van der Waals surface area (Å²) < 4.78 is 0. The zero-order valence-electron chi connectivity index (χ0n) is 11.6. The fourth-order valence-electron chi connectivity index (χ4n) is 1.92. The van der Waals surface area contributed by atoms with E-state index < -0.39 is 0 Å². The van der Waals surface area contributed by atoms with E-state index in [1.54, 1.807) is 0 Å². The number of Topliss-reactive ketones (excluding diaryl/α,β-unsaturated/α-hetero) is 1. The monoisotopic (exact) mass is 273 g/mol. The molecule has 0 radical (unpaired) electrons. The molecule has 2 N–H and O–H groups in total. The lowest BCUT2D eigenvalue weighted by Gasteiger charge is -2.15. The highest BCUT2D eigenvalue weighted by molar-refractivity contribution is 7.16. The second kappa shape index (κ2) is 5.17. The molecular weight excluding hydrogens is 254 g/mol. The van der Waals surface area contributed by atoms with E-state index in [4.69, 9.17) is 5.73 Å². The van der Waals surface area contributed by atoms with Crippen LogP contribution in [0.2, 0.25) is 0 Å². The van der Waals surface area contributed by atoms with Crippen molar-refractivity contribution < 1.29 is 4.79 Å². The highest BCUT2D eigenvalue weighted by Crippen LogP contribution is 2.32. The molecule has 0 bridgehead atoms. The largest absolute Gasteiger partial charge is 0.390 e. The lowest BCUT2D eigenvalue weighted by Crippen LogP contribution is -2.20. The third kappa shape index (κ3) is 3.24. The Balaban J connectivity index is 2.25. The molecular formula is C16H19NOS. The molecule has 0 spiro atoms. The maximum absolute atomic E-state index is 12.3. The molecule has 19 heavy (non-hydrogen) atoms. The molecule has 0 atom stereocenters. The van der Waals surface area contributed by atoms with Crippen LogP contribution < -0.4 is 5.73 Å². The minimum Gasteiger partial charge on any atom is -0.390 e. The Hall–Kier alpha value is -1.61. The first kappa shape index (κ1) is 13.8. The van der Waals surface area contributed by atoms with Crippen LogP contribution in [0.15, 0.2) is 36.4 Å². The average molecular weight is 273 g/mol. The molecule has 0 aliphatic rings. The van der Waals surface area contributed by atoms with Gasteiger partial charge in [0.25, 0.3) is 0 Å². The van der Waals surface area contributed by atoms with E-state index in [2.05, 4.69) is 12.1 Å². The third-order valence-corrected chi connectivity index (χ3v) is 3.92. The van der Waals surface area contributed by atoms with Gasteiger partial charge in [-0.2, -0.15) is 0 Å². The van der Waals surface area contributed by atoms with Crippen molar-refractivity contribution in [1.29, 1.82) is 0 Å². The molecule has 2 rings (SSSR count). The van der Waals surface area contributed by atoms with Gasteiger partial charge in [-0.25, -0.2) is 0 Å². The van der Waals surface area contributed by atoms with Crippen LogP contribution in [0.3, 0.4) is 0 Å². The molecule has 0 aliphatic carbocycles. The van der Waals surface area contributed by atoms with Crippen LogP contribution in [-0.2, 0) is 6.42 Å². The summed E-state index contributed by atoms with van der Waals surface area (Å²) in [7, 11) is 0. The molecule has 2 nitrogen and oxygen atoms in total. The lowest BCUT2D eigenvalue weighted by molar-refractivity contribution is 0.0859. The predicted molar refractivity (Wildman–Crippen MR) is 81.8 cm³/mol. The van der Waals surface area contributed by atoms with Crippen LogP contribution in [0.4, 0.5) is 5.00 Å². The smallest absolute Gasteiger partial charge is 0.171 e. The van der Waals surface area contributed by atoms with Gasteiger partial charge in [0, 0.05) is 16.7 Å². The van der Waals surface area contributed by atoms with Crippen LogP contribution in [0, 0.1) is 5.41 Å². The van der Waals surface area contributed by atoms with Crippen molar-refractivity contribution in [3.05, 3.63) is 52.4 Å². The standard InChI is InChI=1S/C16H19NOS/c1-16(2,3)14(18)13-10-12(19-15(13)17)9-11-7-5-4-6-8-11/h4-8,10H,9,17H2,1-3H3. The SMILES string of the molecule is CC(C)(C)C(=O)c1cc(Cc2ccccc2)sc1N. The van der Waals surface area contributed by atoms with Gasteiger partial charge in [-0.05, 0) is 11.6 Å². The first-order valence-corrected chi connectivity index (χ1v) is 7.16. The van der Waals surface area contributed by atoms with Crippen molar-refractivity contribution in [1.82, 2.24) is 0 Å². The van der Waals surface area contributed by atoms with Gasteiger partial charge < -0.3 is 5.73 Å². The molecule has 3 heteroatoms. The number of hydrogen-bond donors (Lipinski definition) is 1. The second-order valence-electron chi connectivity index (χ2n) is 5.73. The molecule has 0 unspecified atom stereocenters. The van der Waals surface area contributed by atoms with Crippen LogP contribution in [0.5, 0.6) is 0 Å². The van der Waals surface area contributed by atoms with Gasteiger partial charge in [-0.1, -0.05) is 51.1 Å². The number of hydrogen-bond acceptors (Lipinski definition) is 3. The number of thiophene rings is 1.